The second-order valence-corrected chi connectivity index (χ2v) is 6.58. The van der Waals surface area contributed by atoms with E-state index in [1.807, 2.05) is 13.0 Å². The van der Waals surface area contributed by atoms with Crippen LogP contribution in [0.4, 0.5) is 11.5 Å². The molecule has 0 unspecified atom stereocenters. The molecule has 1 heterocycles. The van der Waals surface area contributed by atoms with E-state index in [1.54, 1.807) is 0 Å². The third kappa shape index (κ3) is 5.41. The number of hydrogen-bond donors (Lipinski definition) is 2. The molecule has 0 aliphatic carbocycles. The topological polar surface area (TPSA) is 55.0 Å². The predicted octanol–water partition coefficient (Wildman–Crippen LogP) is 4.63. The van der Waals surface area contributed by atoms with Crippen LogP contribution in [0, 0.1) is 6.92 Å². The van der Waals surface area contributed by atoms with E-state index in [2.05, 4.69) is 58.7 Å². The van der Waals surface area contributed by atoms with E-state index in [4.69, 9.17) is 5.73 Å². The average molecular weight is 345 g/mol. The Bertz CT molecular complexity index is 631. The molecule has 1 aromatic heterocycles. The van der Waals surface area contributed by atoms with Crippen LogP contribution in [0.2, 0.25) is 0 Å². The van der Waals surface area contributed by atoms with E-state index >= 15 is 0 Å². The molecule has 0 aliphatic heterocycles. The minimum Gasteiger partial charge on any atom is -0.394 e. The lowest BCUT2D eigenvalue weighted by Crippen LogP contribution is -2.26. The van der Waals surface area contributed by atoms with Gasteiger partial charge in [0.1, 0.15) is 16.5 Å². The van der Waals surface area contributed by atoms with E-state index in [0.29, 0.717) is 16.5 Å². The van der Waals surface area contributed by atoms with Crippen molar-refractivity contribution in [2.75, 3.05) is 17.2 Å². The van der Waals surface area contributed by atoms with E-state index in [-0.39, 0.29) is 0 Å². The SMILES string of the molecule is CCCCCCCN(Cc1ccccc1)c1nc(C)nc(S)c1N. The number of aromatic nitrogens is 2. The number of nitrogens with two attached hydrogens (primary N) is 1. The lowest BCUT2D eigenvalue weighted by atomic mass is 10.1. The van der Waals surface area contributed by atoms with Crippen molar-refractivity contribution in [1.82, 2.24) is 9.97 Å². The number of aryl methyl sites for hydroxylation is 1. The summed E-state index contributed by atoms with van der Waals surface area (Å²) in [6.45, 7) is 5.85. The predicted molar refractivity (Wildman–Crippen MR) is 105 cm³/mol. The van der Waals surface area contributed by atoms with Gasteiger partial charge in [0.15, 0.2) is 5.82 Å². The van der Waals surface area contributed by atoms with Crippen LogP contribution in [0.3, 0.4) is 0 Å². The molecule has 4 nitrogen and oxygen atoms in total. The summed E-state index contributed by atoms with van der Waals surface area (Å²) in [5.41, 5.74) is 8.03. The zero-order valence-electron chi connectivity index (χ0n) is 14.7. The second kappa shape index (κ2) is 9.52. The smallest absolute Gasteiger partial charge is 0.157 e. The van der Waals surface area contributed by atoms with Gasteiger partial charge in [-0.1, -0.05) is 62.9 Å². The summed E-state index contributed by atoms with van der Waals surface area (Å²) in [5, 5.41) is 0.557. The third-order valence-corrected chi connectivity index (χ3v) is 4.41. The zero-order chi connectivity index (χ0) is 17.4. The Balaban J connectivity index is 2.16. The molecule has 5 heteroatoms. The minimum atomic E-state index is 0.557. The van der Waals surface area contributed by atoms with Gasteiger partial charge in [0, 0.05) is 13.1 Å². The minimum absolute atomic E-state index is 0.557. The van der Waals surface area contributed by atoms with Gasteiger partial charge in [0.05, 0.1) is 0 Å². The summed E-state index contributed by atoms with van der Waals surface area (Å²) in [4.78, 5) is 11.1. The van der Waals surface area contributed by atoms with Crippen molar-refractivity contribution >= 4 is 24.1 Å². The van der Waals surface area contributed by atoms with Gasteiger partial charge in [-0.25, -0.2) is 9.97 Å². The van der Waals surface area contributed by atoms with E-state index in [0.717, 1.165) is 25.3 Å². The van der Waals surface area contributed by atoms with E-state index in [9.17, 15) is 0 Å². The first-order chi connectivity index (χ1) is 11.6. The van der Waals surface area contributed by atoms with Crippen molar-refractivity contribution in [3.63, 3.8) is 0 Å². The molecular weight excluding hydrogens is 316 g/mol. The molecule has 0 amide bonds. The fraction of sp³-hybridized carbons (Fsp3) is 0.474. The van der Waals surface area contributed by atoms with Crippen molar-refractivity contribution < 1.29 is 0 Å². The van der Waals surface area contributed by atoms with Crippen LogP contribution in [-0.2, 0) is 6.54 Å². The molecule has 2 N–H and O–H groups in total. The van der Waals surface area contributed by atoms with Crippen molar-refractivity contribution in [3.8, 4) is 0 Å². The third-order valence-electron chi connectivity index (χ3n) is 4.06. The van der Waals surface area contributed by atoms with Gasteiger partial charge in [0.25, 0.3) is 0 Å². The molecule has 0 atom stereocenters. The maximum absolute atomic E-state index is 6.21. The fourth-order valence-electron chi connectivity index (χ4n) is 2.76. The fourth-order valence-corrected chi connectivity index (χ4v) is 3.01. The van der Waals surface area contributed by atoms with Crippen molar-refractivity contribution in [2.45, 2.75) is 57.5 Å². The Hall–Kier alpha value is -1.75. The Morgan fingerprint density at radius 2 is 1.75 bits per heavy atom. The Kier molecular flexibility index (Phi) is 7.37. The summed E-state index contributed by atoms with van der Waals surface area (Å²) < 4.78 is 0. The molecule has 0 spiro atoms. The molecule has 0 saturated heterocycles. The number of benzene rings is 1. The van der Waals surface area contributed by atoms with Gasteiger partial charge in [-0.05, 0) is 18.9 Å². The van der Waals surface area contributed by atoms with Crippen LogP contribution >= 0.6 is 12.6 Å². The van der Waals surface area contributed by atoms with Gasteiger partial charge >= 0.3 is 0 Å². The lowest BCUT2D eigenvalue weighted by Gasteiger charge is -2.26. The van der Waals surface area contributed by atoms with Crippen LogP contribution in [-0.4, -0.2) is 16.5 Å². The van der Waals surface area contributed by atoms with E-state index in [1.165, 1.54) is 31.2 Å². The normalized spacial score (nSPS) is 10.8. The summed E-state index contributed by atoms with van der Waals surface area (Å²) in [5.74, 6) is 1.50. The first-order valence-corrected chi connectivity index (χ1v) is 9.18. The highest BCUT2D eigenvalue weighted by Gasteiger charge is 2.15. The maximum atomic E-state index is 6.21. The molecule has 0 saturated carbocycles. The summed E-state index contributed by atoms with van der Waals surface area (Å²) in [6.07, 6.45) is 6.21. The highest BCUT2D eigenvalue weighted by molar-refractivity contribution is 7.80. The monoisotopic (exact) mass is 344 g/mol. The molecule has 0 aliphatic rings. The van der Waals surface area contributed by atoms with Crippen molar-refractivity contribution in [1.29, 1.82) is 0 Å². The summed E-state index contributed by atoms with van der Waals surface area (Å²) >= 11 is 4.39. The van der Waals surface area contributed by atoms with Gasteiger partial charge in [-0.15, -0.1) is 12.6 Å². The highest BCUT2D eigenvalue weighted by atomic mass is 32.1. The van der Waals surface area contributed by atoms with Crippen LogP contribution in [0.15, 0.2) is 35.4 Å². The number of nitrogens with zero attached hydrogens (tertiary/aromatic N) is 3. The lowest BCUT2D eigenvalue weighted by molar-refractivity contribution is 0.614. The average Bonchev–Trinajstić information content (AvgIpc) is 2.58. The number of rotatable bonds is 9. The first kappa shape index (κ1) is 18.6. The molecule has 2 rings (SSSR count). The van der Waals surface area contributed by atoms with Crippen LogP contribution < -0.4 is 10.6 Å². The number of nitrogen functional groups attached to an aromatic ring is 1. The van der Waals surface area contributed by atoms with E-state index < -0.39 is 0 Å². The maximum Gasteiger partial charge on any atom is 0.157 e. The Labute approximate surface area is 150 Å². The number of anilines is 2. The van der Waals surface area contributed by atoms with Gasteiger partial charge in [0.2, 0.25) is 0 Å². The van der Waals surface area contributed by atoms with Gasteiger partial charge in [-0.2, -0.15) is 0 Å². The van der Waals surface area contributed by atoms with Crippen molar-refractivity contribution in [3.05, 3.63) is 41.7 Å². The highest BCUT2D eigenvalue weighted by Crippen LogP contribution is 2.27. The van der Waals surface area contributed by atoms with Crippen LogP contribution in [0.25, 0.3) is 0 Å². The summed E-state index contributed by atoms with van der Waals surface area (Å²) in [7, 11) is 0. The van der Waals surface area contributed by atoms with Crippen molar-refractivity contribution in [2.24, 2.45) is 0 Å². The quantitative estimate of drug-likeness (QED) is 0.395. The van der Waals surface area contributed by atoms with Crippen LogP contribution in [0.5, 0.6) is 0 Å². The molecular formula is C19H28N4S. The molecule has 2 aromatic rings. The molecule has 1 aromatic carbocycles. The first-order valence-electron chi connectivity index (χ1n) is 8.73. The molecule has 24 heavy (non-hydrogen) atoms. The molecule has 0 bridgehead atoms. The number of hydrogen-bond acceptors (Lipinski definition) is 5. The summed E-state index contributed by atoms with van der Waals surface area (Å²) in [6, 6.07) is 10.4. The van der Waals surface area contributed by atoms with Gasteiger partial charge < -0.3 is 10.6 Å². The van der Waals surface area contributed by atoms with Gasteiger partial charge in [-0.3, -0.25) is 0 Å². The molecule has 0 fully saturated rings. The molecule has 130 valence electrons. The number of unbranched alkanes of at least 4 members (excludes halogenated alkanes) is 4. The van der Waals surface area contributed by atoms with Crippen LogP contribution in [0.1, 0.15) is 50.4 Å². The standard InChI is InChI=1S/C19H28N4S/c1-3-4-5-6-10-13-23(14-16-11-8-7-9-12-16)18-17(20)19(24)22-15(2)21-18/h7-9,11-12H,3-6,10,13-14,20H2,1-2H3,(H,21,22,24). The largest absolute Gasteiger partial charge is 0.394 e. The Morgan fingerprint density at radius 3 is 2.46 bits per heavy atom. The number of thiol groups is 1. The molecule has 0 radical (unpaired) electrons. The zero-order valence-corrected chi connectivity index (χ0v) is 15.6. The Morgan fingerprint density at radius 1 is 1.04 bits per heavy atom. The second-order valence-electron chi connectivity index (χ2n) is 6.15.